The molecule has 1 N–H and O–H groups in total. The summed E-state index contributed by atoms with van der Waals surface area (Å²) in [5.41, 5.74) is 2.22. The molecule has 1 aliphatic rings. The first-order chi connectivity index (χ1) is 11.5. The van der Waals surface area contributed by atoms with Crippen LogP contribution in [0, 0.1) is 12.3 Å². The van der Waals surface area contributed by atoms with Gasteiger partial charge >= 0.3 is 5.97 Å². The van der Waals surface area contributed by atoms with Crippen molar-refractivity contribution >= 4 is 22.8 Å². The average Bonchev–Trinajstić information content (AvgIpc) is 2.60. The molecule has 2 aromatic rings. The summed E-state index contributed by atoms with van der Waals surface area (Å²) in [5, 5.41) is 11.9. The number of fused-ring (bicyclic) bond motifs is 1. The van der Waals surface area contributed by atoms with Crippen LogP contribution in [0.3, 0.4) is 0 Å². The SMILES string of the molecule is CCc1ccc2c(C)nc(C=CC3(C(=O)O)CCOCC3)cc2c1. The van der Waals surface area contributed by atoms with Crippen LogP contribution >= 0.6 is 0 Å². The summed E-state index contributed by atoms with van der Waals surface area (Å²) in [4.78, 5) is 16.4. The lowest BCUT2D eigenvalue weighted by atomic mass is 9.80. The van der Waals surface area contributed by atoms with E-state index < -0.39 is 11.4 Å². The Hall–Kier alpha value is -2.20. The van der Waals surface area contributed by atoms with E-state index in [1.807, 2.05) is 19.1 Å². The summed E-state index contributed by atoms with van der Waals surface area (Å²) in [6, 6.07) is 8.46. The fourth-order valence-corrected chi connectivity index (χ4v) is 3.24. The van der Waals surface area contributed by atoms with E-state index in [4.69, 9.17) is 4.74 Å². The van der Waals surface area contributed by atoms with Gasteiger partial charge in [0.05, 0.1) is 11.1 Å². The molecule has 0 amide bonds. The highest BCUT2D eigenvalue weighted by Crippen LogP contribution is 2.33. The molecule has 1 aromatic heterocycles. The lowest BCUT2D eigenvalue weighted by Crippen LogP contribution is -2.35. The molecule has 0 radical (unpaired) electrons. The van der Waals surface area contributed by atoms with E-state index in [0.29, 0.717) is 26.1 Å². The first-order valence-corrected chi connectivity index (χ1v) is 8.45. The molecule has 24 heavy (non-hydrogen) atoms. The number of hydrogen-bond acceptors (Lipinski definition) is 3. The van der Waals surface area contributed by atoms with Gasteiger partial charge in [-0.05, 0) is 49.3 Å². The van der Waals surface area contributed by atoms with Gasteiger partial charge in [0, 0.05) is 24.3 Å². The molecule has 0 atom stereocenters. The van der Waals surface area contributed by atoms with E-state index in [1.165, 1.54) is 5.56 Å². The number of nitrogens with zero attached hydrogens (tertiary/aromatic N) is 1. The van der Waals surface area contributed by atoms with Crippen LogP contribution in [0.4, 0.5) is 0 Å². The van der Waals surface area contributed by atoms with Crippen LogP contribution in [0.2, 0.25) is 0 Å². The van der Waals surface area contributed by atoms with Crippen LogP contribution < -0.4 is 0 Å². The van der Waals surface area contributed by atoms with Gasteiger partial charge in [-0.2, -0.15) is 0 Å². The van der Waals surface area contributed by atoms with Crippen molar-refractivity contribution in [3.05, 3.63) is 47.3 Å². The third-order valence-electron chi connectivity index (χ3n) is 4.90. The molecule has 126 valence electrons. The predicted octanol–water partition coefficient (Wildman–Crippen LogP) is 4.00. The Kier molecular flexibility index (Phi) is 4.67. The lowest BCUT2D eigenvalue weighted by Gasteiger charge is -2.30. The smallest absolute Gasteiger partial charge is 0.313 e. The van der Waals surface area contributed by atoms with Gasteiger partial charge in [0.2, 0.25) is 0 Å². The number of carbonyl (C=O) groups is 1. The quantitative estimate of drug-likeness (QED) is 0.923. The molecular weight excluding hydrogens is 302 g/mol. The van der Waals surface area contributed by atoms with Gasteiger partial charge in [0.15, 0.2) is 0 Å². The van der Waals surface area contributed by atoms with Gasteiger partial charge in [-0.1, -0.05) is 31.2 Å². The molecule has 0 aliphatic carbocycles. The van der Waals surface area contributed by atoms with Crippen LogP contribution in [0.1, 0.15) is 36.7 Å². The first-order valence-electron chi connectivity index (χ1n) is 8.45. The highest BCUT2D eigenvalue weighted by Gasteiger charge is 2.37. The van der Waals surface area contributed by atoms with Gasteiger partial charge in [-0.15, -0.1) is 0 Å². The normalized spacial score (nSPS) is 17.4. The van der Waals surface area contributed by atoms with E-state index in [-0.39, 0.29) is 0 Å². The second-order valence-corrected chi connectivity index (χ2v) is 6.45. The van der Waals surface area contributed by atoms with Crippen molar-refractivity contribution in [1.29, 1.82) is 0 Å². The van der Waals surface area contributed by atoms with Crippen LogP contribution in [-0.4, -0.2) is 29.3 Å². The molecule has 3 rings (SSSR count). The number of aliphatic carboxylic acids is 1. The number of ether oxygens (including phenoxy) is 1. The van der Waals surface area contributed by atoms with Gasteiger partial charge in [-0.3, -0.25) is 9.78 Å². The van der Waals surface area contributed by atoms with Gasteiger partial charge in [-0.25, -0.2) is 0 Å². The topological polar surface area (TPSA) is 59.4 Å². The molecule has 0 spiro atoms. The molecule has 4 nitrogen and oxygen atoms in total. The third-order valence-corrected chi connectivity index (χ3v) is 4.90. The zero-order valence-electron chi connectivity index (χ0n) is 14.2. The maximum Gasteiger partial charge on any atom is 0.313 e. The number of aromatic nitrogens is 1. The van der Waals surface area contributed by atoms with Crippen molar-refractivity contribution in [1.82, 2.24) is 4.98 Å². The first kappa shape index (κ1) is 16.7. The summed E-state index contributed by atoms with van der Waals surface area (Å²) >= 11 is 0. The zero-order valence-corrected chi connectivity index (χ0v) is 14.2. The van der Waals surface area contributed by atoms with Crippen LogP contribution in [0.5, 0.6) is 0 Å². The largest absolute Gasteiger partial charge is 0.481 e. The number of carboxylic acids is 1. The number of pyridine rings is 1. The standard InChI is InChI=1S/C20H23NO3/c1-3-15-4-5-18-14(2)21-17(13-16(18)12-15)6-7-20(19(22)23)8-10-24-11-9-20/h4-7,12-13H,3,8-11H2,1-2H3,(H,22,23). The molecular formula is C20H23NO3. The van der Waals surface area contributed by atoms with E-state index in [0.717, 1.165) is 28.6 Å². The molecule has 0 unspecified atom stereocenters. The number of carboxylic acid groups (broad SMARTS) is 1. The van der Waals surface area contributed by atoms with Gasteiger partial charge in [0.1, 0.15) is 0 Å². The lowest BCUT2D eigenvalue weighted by molar-refractivity contribution is -0.150. The van der Waals surface area contributed by atoms with Gasteiger partial charge in [0.25, 0.3) is 0 Å². The Morgan fingerprint density at radius 3 is 2.75 bits per heavy atom. The second-order valence-electron chi connectivity index (χ2n) is 6.45. The summed E-state index contributed by atoms with van der Waals surface area (Å²) in [6.07, 6.45) is 5.65. The number of hydrogen-bond donors (Lipinski definition) is 1. The monoisotopic (exact) mass is 325 g/mol. The van der Waals surface area contributed by atoms with E-state index in [2.05, 4.69) is 30.1 Å². The Labute approximate surface area is 142 Å². The molecule has 1 aromatic carbocycles. The molecule has 1 aliphatic heterocycles. The summed E-state index contributed by atoms with van der Waals surface area (Å²) in [6.45, 7) is 5.10. The molecule has 1 saturated heterocycles. The highest BCUT2D eigenvalue weighted by atomic mass is 16.5. The van der Waals surface area contributed by atoms with Crippen molar-refractivity contribution < 1.29 is 14.6 Å². The number of benzene rings is 1. The van der Waals surface area contributed by atoms with Crippen molar-refractivity contribution in [3.63, 3.8) is 0 Å². The number of rotatable bonds is 4. The highest BCUT2D eigenvalue weighted by molar-refractivity contribution is 5.87. The van der Waals surface area contributed by atoms with E-state index >= 15 is 0 Å². The maximum absolute atomic E-state index is 11.7. The minimum absolute atomic E-state index is 0.487. The molecule has 2 heterocycles. The van der Waals surface area contributed by atoms with Gasteiger partial charge < -0.3 is 9.84 Å². The fraction of sp³-hybridized carbons (Fsp3) is 0.400. The Morgan fingerprint density at radius 2 is 2.08 bits per heavy atom. The van der Waals surface area contributed by atoms with Crippen molar-refractivity contribution in [3.8, 4) is 0 Å². The molecule has 1 fully saturated rings. The summed E-state index contributed by atoms with van der Waals surface area (Å²) in [7, 11) is 0. The van der Waals surface area contributed by atoms with E-state index in [1.54, 1.807) is 6.08 Å². The summed E-state index contributed by atoms with van der Waals surface area (Å²) in [5.74, 6) is -0.784. The average molecular weight is 325 g/mol. The summed E-state index contributed by atoms with van der Waals surface area (Å²) < 4.78 is 5.32. The van der Waals surface area contributed by atoms with Crippen LogP contribution in [0.15, 0.2) is 30.3 Å². The Bertz CT molecular complexity index is 789. The third kappa shape index (κ3) is 3.20. The Balaban J connectivity index is 1.98. The van der Waals surface area contributed by atoms with Crippen molar-refractivity contribution in [2.45, 2.75) is 33.1 Å². The van der Waals surface area contributed by atoms with Crippen molar-refractivity contribution in [2.24, 2.45) is 5.41 Å². The van der Waals surface area contributed by atoms with Crippen LogP contribution in [0.25, 0.3) is 16.8 Å². The Morgan fingerprint density at radius 1 is 1.33 bits per heavy atom. The molecule has 0 saturated carbocycles. The minimum atomic E-state index is -0.839. The molecule has 0 bridgehead atoms. The van der Waals surface area contributed by atoms with E-state index in [9.17, 15) is 9.90 Å². The minimum Gasteiger partial charge on any atom is -0.481 e. The molecule has 4 heteroatoms. The predicted molar refractivity (Wildman–Crippen MR) is 95.0 cm³/mol. The second kappa shape index (κ2) is 6.73. The number of aryl methyl sites for hydroxylation is 2. The zero-order chi connectivity index (χ0) is 17.2. The maximum atomic E-state index is 11.7. The van der Waals surface area contributed by atoms with Crippen LogP contribution in [-0.2, 0) is 16.0 Å². The van der Waals surface area contributed by atoms with Crippen molar-refractivity contribution in [2.75, 3.05) is 13.2 Å². The fourth-order valence-electron chi connectivity index (χ4n) is 3.24.